The number of carbonyl (C=O) groups is 1. The number of unbranched alkanes of at least 4 members (excludes halogenated alkanes) is 1. The third-order valence-electron chi connectivity index (χ3n) is 2.67. The van der Waals surface area contributed by atoms with Gasteiger partial charge in [0.25, 0.3) is 0 Å². The Morgan fingerprint density at radius 2 is 2.26 bits per heavy atom. The topological polar surface area (TPSA) is 78.8 Å². The maximum Gasteiger partial charge on any atom is 0.407 e. The molecule has 0 bridgehead atoms. The average molecular weight is 267 g/mol. The number of nitrogens with one attached hydrogen (secondary N) is 1. The first-order valence-corrected chi connectivity index (χ1v) is 6.51. The van der Waals surface area contributed by atoms with Crippen molar-refractivity contribution >= 4 is 6.09 Å². The predicted molar refractivity (Wildman–Crippen MR) is 71.9 cm³/mol. The fourth-order valence-electron chi connectivity index (χ4n) is 1.57. The number of amides is 1. The van der Waals surface area contributed by atoms with E-state index in [0.29, 0.717) is 25.1 Å². The summed E-state index contributed by atoms with van der Waals surface area (Å²) in [5.74, 6) is 0.114. The van der Waals surface area contributed by atoms with E-state index in [4.69, 9.17) is 4.74 Å². The molecule has 1 rings (SSSR count). The van der Waals surface area contributed by atoms with Crippen LogP contribution in [0, 0.1) is 0 Å². The maximum atomic E-state index is 11.2. The van der Waals surface area contributed by atoms with Gasteiger partial charge in [0.05, 0.1) is 12.7 Å². The van der Waals surface area contributed by atoms with E-state index in [1.807, 2.05) is 6.92 Å². The zero-order valence-corrected chi connectivity index (χ0v) is 11.1. The van der Waals surface area contributed by atoms with Gasteiger partial charge in [0.2, 0.25) is 0 Å². The largest absolute Gasteiger partial charge is 0.508 e. The zero-order chi connectivity index (χ0) is 14.1. The number of carbonyl (C=O) groups excluding carboxylic acids is 1. The van der Waals surface area contributed by atoms with Gasteiger partial charge in [-0.25, -0.2) is 4.79 Å². The molecule has 1 atom stereocenters. The molecule has 106 valence electrons. The summed E-state index contributed by atoms with van der Waals surface area (Å²) in [5.41, 5.74) is 0.626. The van der Waals surface area contributed by atoms with E-state index < -0.39 is 12.2 Å². The number of benzene rings is 1. The lowest BCUT2D eigenvalue weighted by molar-refractivity contribution is 0.138. The summed E-state index contributed by atoms with van der Waals surface area (Å²) >= 11 is 0. The molecule has 19 heavy (non-hydrogen) atoms. The molecule has 0 aliphatic carbocycles. The van der Waals surface area contributed by atoms with Gasteiger partial charge in [0, 0.05) is 6.54 Å². The summed E-state index contributed by atoms with van der Waals surface area (Å²) in [6, 6.07) is 6.44. The lowest BCUT2D eigenvalue weighted by Crippen LogP contribution is -2.26. The van der Waals surface area contributed by atoms with Crippen LogP contribution in [0.5, 0.6) is 5.75 Å². The van der Waals surface area contributed by atoms with Crippen LogP contribution in [-0.4, -0.2) is 29.5 Å². The van der Waals surface area contributed by atoms with Crippen molar-refractivity contribution < 1.29 is 19.7 Å². The van der Waals surface area contributed by atoms with Crippen molar-refractivity contribution in [2.75, 3.05) is 13.2 Å². The van der Waals surface area contributed by atoms with Crippen LogP contribution in [0.3, 0.4) is 0 Å². The molecule has 1 aromatic rings. The van der Waals surface area contributed by atoms with Gasteiger partial charge in [0.15, 0.2) is 0 Å². The normalized spacial score (nSPS) is 11.9. The number of hydrogen-bond donors (Lipinski definition) is 3. The molecule has 0 saturated heterocycles. The second-order valence-corrected chi connectivity index (χ2v) is 4.32. The van der Waals surface area contributed by atoms with Gasteiger partial charge in [0.1, 0.15) is 5.75 Å². The van der Waals surface area contributed by atoms with Crippen LogP contribution in [-0.2, 0) is 4.74 Å². The second kappa shape index (κ2) is 8.37. The summed E-state index contributed by atoms with van der Waals surface area (Å²) in [6.45, 7) is 2.76. The number of ether oxygens (including phenoxy) is 1. The Hall–Kier alpha value is -1.75. The Labute approximate surface area is 113 Å². The Morgan fingerprint density at radius 1 is 1.47 bits per heavy atom. The van der Waals surface area contributed by atoms with Crippen molar-refractivity contribution in [1.82, 2.24) is 5.32 Å². The quantitative estimate of drug-likeness (QED) is 0.662. The number of phenolic OH excluding ortho intramolecular Hbond substituents is 1. The second-order valence-electron chi connectivity index (χ2n) is 4.32. The summed E-state index contributed by atoms with van der Waals surface area (Å²) in [6.07, 6.45) is 1.01. The molecular weight excluding hydrogens is 246 g/mol. The van der Waals surface area contributed by atoms with E-state index in [1.54, 1.807) is 18.2 Å². The minimum Gasteiger partial charge on any atom is -0.508 e. The monoisotopic (exact) mass is 267 g/mol. The molecule has 0 aliphatic rings. The highest BCUT2D eigenvalue weighted by atomic mass is 16.5. The molecule has 5 heteroatoms. The molecular formula is C14H21NO4. The molecule has 0 spiro atoms. The molecule has 1 amide bonds. The van der Waals surface area contributed by atoms with Gasteiger partial charge in [-0.05, 0) is 30.5 Å². The highest BCUT2D eigenvalue weighted by Gasteiger charge is 2.09. The molecule has 3 N–H and O–H groups in total. The molecule has 5 nitrogen and oxygen atoms in total. The molecule has 0 aromatic heterocycles. The summed E-state index contributed by atoms with van der Waals surface area (Å²) in [4.78, 5) is 11.2. The average Bonchev–Trinajstić information content (AvgIpc) is 2.39. The minimum absolute atomic E-state index is 0.114. The first-order chi connectivity index (χ1) is 9.13. The van der Waals surface area contributed by atoms with Gasteiger partial charge < -0.3 is 20.3 Å². The fourth-order valence-corrected chi connectivity index (χ4v) is 1.57. The van der Waals surface area contributed by atoms with Crippen LogP contribution in [0.4, 0.5) is 4.79 Å². The van der Waals surface area contributed by atoms with Crippen molar-refractivity contribution in [1.29, 1.82) is 0 Å². The number of aromatic hydroxyl groups is 1. The maximum absolute atomic E-state index is 11.2. The lowest BCUT2D eigenvalue weighted by Gasteiger charge is -2.12. The smallest absolute Gasteiger partial charge is 0.407 e. The Bertz CT molecular complexity index is 395. The summed E-state index contributed by atoms with van der Waals surface area (Å²) in [5, 5.41) is 21.7. The fraction of sp³-hybridized carbons (Fsp3) is 0.500. The van der Waals surface area contributed by atoms with E-state index in [-0.39, 0.29) is 5.75 Å². The van der Waals surface area contributed by atoms with Crippen molar-refractivity contribution in [3.05, 3.63) is 29.8 Å². The Balaban J connectivity index is 2.23. The minimum atomic E-state index is -0.719. The number of phenols is 1. The van der Waals surface area contributed by atoms with Gasteiger partial charge in [-0.3, -0.25) is 0 Å². The first kappa shape index (κ1) is 15.3. The molecule has 0 heterocycles. The Morgan fingerprint density at radius 3 is 2.95 bits per heavy atom. The molecule has 0 saturated carbocycles. The van der Waals surface area contributed by atoms with Crippen molar-refractivity contribution in [3.8, 4) is 5.75 Å². The zero-order valence-electron chi connectivity index (χ0n) is 11.1. The Kier molecular flexibility index (Phi) is 6.74. The SMILES string of the molecule is CCCCOC(=O)NCCC(O)c1cccc(O)c1. The van der Waals surface area contributed by atoms with Crippen LogP contribution in [0.15, 0.2) is 24.3 Å². The van der Waals surface area contributed by atoms with Crippen LogP contribution >= 0.6 is 0 Å². The van der Waals surface area contributed by atoms with Crippen LogP contribution in [0.25, 0.3) is 0 Å². The van der Waals surface area contributed by atoms with Crippen molar-refractivity contribution in [2.45, 2.75) is 32.3 Å². The highest BCUT2D eigenvalue weighted by Crippen LogP contribution is 2.20. The van der Waals surface area contributed by atoms with Gasteiger partial charge in [-0.2, -0.15) is 0 Å². The standard InChI is InChI=1S/C14H21NO4/c1-2-3-9-19-14(18)15-8-7-13(17)11-5-4-6-12(16)10-11/h4-6,10,13,16-17H,2-3,7-9H2,1H3,(H,15,18). The molecule has 1 unspecified atom stereocenters. The van der Waals surface area contributed by atoms with Crippen molar-refractivity contribution in [3.63, 3.8) is 0 Å². The first-order valence-electron chi connectivity index (χ1n) is 6.51. The van der Waals surface area contributed by atoms with E-state index in [9.17, 15) is 15.0 Å². The highest BCUT2D eigenvalue weighted by molar-refractivity contribution is 5.66. The van der Waals surface area contributed by atoms with Crippen LogP contribution < -0.4 is 5.32 Å². The predicted octanol–water partition coefficient (Wildman–Crippen LogP) is 2.34. The molecule has 1 aromatic carbocycles. The number of alkyl carbamates (subject to hydrolysis) is 1. The number of hydrogen-bond acceptors (Lipinski definition) is 4. The number of rotatable bonds is 7. The van der Waals surface area contributed by atoms with Gasteiger partial charge >= 0.3 is 6.09 Å². The van der Waals surface area contributed by atoms with Crippen LogP contribution in [0.2, 0.25) is 0 Å². The van der Waals surface area contributed by atoms with Gasteiger partial charge in [-0.1, -0.05) is 25.5 Å². The van der Waals surface area contributed by atoms with Crippen LogP contribution in [0.1, 0.15) is 37.9 Å². The molecule has 0 radical (unpaired) electrons. The van der Waals surface area contributed by atoms with E-state index in [0.717, 1.165) is 12.8 Å². The third kappa shape index (κ3) is 6.10. The van der Waals surface area contributed by atoms with Gasteiger partial charge in [-0.15, -0.1) is 0 Å². The van der Waals surface area contributed by atoms with E-state index >= 15 is 0 Å². The summed E-state index contributed by atoms with van der Waals surface area (Å²) < 4.78 is 4.92. The van der Waals surface area contributed by atoms with E-state index in [1.165, 1.54) is 6.07 Å². The molecule has 0 aliphatic heterocycles. The third-order valence-corrected chi connectivity index (χ3v) is 2.67. The lowest BCUT2D eigenvalue weighted by atomic mass is 10.1. The number of aliphatic hydroxyl groups is 1. The van der Waals surface area contributed by atoms with E-state index in [2.05, 4.69) is 5.32 Å². The number of aliphatic hydroxyl groups excluding tert-OH is 1. The summed E-state index contributed by atoms with van der Waals surface area (Å²) in [7, 11) is 0. The van der Waals surface area contributed by atoms with Crippen molar-refractivity contribution in [2.24, 2.45) is 0 Å². The molecule has 0 fully saturated rings.